The Morgan fingerprint density at radius 2 is 1.94 bits per heavy atom. The van der Waals surface area contributed by atoms with Crippen LogP contribution in [0.25, 0.3) is 0 Å². The fraction of sp³-hybridized carbons (Fsp3) is 0.417. The lowest BCUT2D eigenvalue weighted by Crippen LogP contribution is -2.38. The van der Waals surface area contributed by atoms with Gasteiger partial charge in [0.15, 0.2) is 0 Å². The zero-order valence-corrected chi connectivity index (χ0v) is 12.3. The molecule has 1 heterocycles. The van der Waals surface area contributed by atoms with Crippen LogP contribution in [0.2, 0.25) is 10.0 Å². The Bertz CT molecular complexity index is 413. The number of rotatable bonds is 2. The average molecular weight is 310 g/mol. The Balaban J connectivity index is 0.00000162. The monoisotopic (exact) mass is 308 g/mol. The Kier molecular flexibility index (Phi) is 5.73. The van der Waals surface area contributed by atoms with Crippen LogP contribution in [0.1, 0.15) is 16.8 Å². The van der Waals surface area contributed by atoms with Crippen LogP contribution in [0.15, 0.2) is 18.2 Å². The van der Waals surface area contributed by atoms with Crippen LogP contribution in [-0.4, -0.2) is 37.0 Å². The second-order valence-corrected chi connectivity index (χ2v) is 5.09. The molecule has 0 radical (unpaired) electrons. The van der Waals surface area contributed by atoms with E-state index in [-0.39, 0.29) is 24.4 Å². The molecule has 1 N–H and O–H groups in total. The molecule has 0 aromatic heterocycles. The molecule has 3 nitrogen and oxygen atoms in total. The summed E-state index contributed by atoms with van der Waals surface area (Å²) in [5.41, 5.74) is 0.539. The molecule has 1 saturated heterocycles. The van der Waals surface area contributed by atoms with Crippen LogP contribution in [0.3, 0.4) is 0 Å². The maximum atomic E-state index is 12.2. The zero-order valence-electron chi connectivity index (χ0n) is 9.95. The highest BCUT2D eigenvalue weighted by Crippen LogP contribution is 2.21. The van der Waals surface area contributed by atoms with Gasteiger partial charge in [0.2, 0.25) is 0 Å². The van der Waals surface area contributed by atoms with Crippen molar-refractivity contribution in [1.82, 2.24) is 10.2 Å². The Morgan fingerprint density at radius 1 is 1.33 bits per heavy atom. The summed E-state index contributed by atoms with van der Waals surface area (Å²) in [5, 5.41) is 4.21. The van der Waals surface area contributed by atoms with Crippen molar-refractivity contribution in [2.75, 3.05) is 20.1 Å². The summed E-state index contributed by atoms with van der Waals surface area (Å²) in [5.74, 6) is -0.0388. The summed E-state index contributed by atoms with van der Waals surface area (Å²) in [7, 11) is 1.81. The molecule has 18 heavy (non-hydrogen) atoms. The molecule has 1 amide bonds. The van der Waals surface area contributed by atoms with Gasteiger partial charge in [-0.3, -0.25) is 4.79 Å². The average Bonchev–Trinajstić information content (AvgIpc) is 2.79. The Morgan fingerprint density at radius 3 is 2.44 bits per heavy atom. The third-order valence-electron chi connectivity index (χ3n) is 3.01. The highest BCUT2D eigenvalue weighted by Gasteiger charge is 2.24. The van der Waals surface area contributed by atoms with Crippen molar-refractivity contribution in [3.8, 4) is 0 Å². The SMILES string of the molecule is CN(C(=O)c1cc(Cl)cc(Cl)c1)[C@@H]1CCNC1.Cl. The van der Waals surface area contributed by atoms with Crippen molar-refractivity contribution in [3.05, 3.63) is 33.8 Å². The molecule has 1 atom stereocenters. The number of nitrogens with zero attached hydrogens (tertiary/aromatic N) is 1. The maximum Gasteiger partial charge on any atom is 0.253 e. The highest BCUT2D eigenvalue weighted by molar-refractivity contribution is 6.35. The van der Waals surface area contributed by atoms with Gasteiger partial charge in [-0.1, -0.05) is 23.2 Å². The third-order valence-corrected chi connectivity index (χ3v) is 3.45. The second-order valence-electron chi connectivity index (χ2n) is 4.22. The molecule has 0 bridgehead atoms. The first kappa shape index (κ1) is 15.6. The maximum absolute atomic E-state index is 12.2. The van der Waals surface area contributed by atoms with Gasteiger partial charge in [-0.25, -0.2) is 0 Å². The summed E-state index contributed by atoms with van der Waals surface area (Å²) in [6, 6.07) is 5.17. The molecule has 2 rings (SSSR count). The van der Waals surface area contributed by atoms with Gasteiger partial charge in [0, 0.05) is 35.2 Å². The first-order valence-electron chi connectivity index (χ1n) is 5.52. The highest BCUT2D eigenvalue weighted by atomic mass is 35.5. The summed E-state index contributed by atoms with van der Waals surface area (Å²) in [6.45, 7) is 1.80. The number of carbonyl (C=O) groups is 1. The van der Waals surface area contributed by atoms with Gasteiger partial charge in [-0.15, -0.1) is 12.4 Å². The topological polar surface area (TPSA) is 32.3 Å². The summed E-state index contributed by atoms with van der Waals surface area (Å²) >= 11 is 11.8. The molecule has 0 saturated carbocycles. The Labute approximate surface area is 123 Å². The largest absolute Gasteiger partial charge is 0.337 e. The molecule has 0 unspecified atom stereocenters. The number of nitrogens with one attached hydrogen (secondary N) is 1. The van der Waals surface area contributed by atoms with Crippen molar-refractivity contribution < 1.29 is 4.79 Å². The van der Waals surface area contributed by atoms with Crippen LogP contribution < -0.4 is 5.32 Å². The fourth-order valence-corrected chi connectivity index (χ4v) is 2.54. The second kappa shape index (κ2) is 6.62. The van der Waals surface area contributed by atoms with Gasteiger partial charge < -0.3 is 10.2 Å². The molecule has 0 spiro atoms. The predicted octanol–water partition coefficient (Wildman–Crippen LogP) is 2.85. The van der Waals surface area contributed by atoms with Gasteiger partial charge in [0.05, 0.1) is 0 Å². The normalized spacial score (nSPS) is 18.3. The number of benzene rings is 1. The molecule has 1 aliphatic heterocycles. The van der Waals surface area contributed by atoms with E-state index < -0.39 is 0 Å². The lowest BCUT2D eigenvalue weighted by atomic mass is 10.1. The van der Waals surface area contributed by atoms with Gasteiger partial charge in [0.25, 0.3) is 5.91 Å². The number of likely N-dealkylation sites (N-methyl/N-ethyl adjacent to an activating group) is 1. The minimum absolute atomic E-state index is 0. The van der Waals surface area contributed by atoms with Gasteiger partial charge in [-0.2, -0.15) is 0 Å². The van der Waals surface area contributed by atoms with Crippen LogP contribution in [-0.2, 0) is 0 Å². The third kappa shape index (κ3) is 3.51. The van der Waals surface area contributed by atoms with E-state index in [2.05, 4.69) is 5.32 Å². The van der Waals surface area contributed by atoms with Crippen molar-refractivity contribution in [1.29, 1.82) is 0 Å². The van der Waals surface area contributed by atoms with Crippen molar-refractivity contribution >= 4 is 41.5 Å². The minimum Gasteiger partial charge on any atom is -0.337 e. The summed E-state index contributed by atoms with van der Waals surface area (Å²) in [4.78, 5) is 14.0. The number of halogens is 3. The first-order chi connectivity index (χ1) is 8.08. The predicted molar refractivity (Wildman–Crippen MR) is 77.1 cm³/mol. The molecule has 1 fully saturated rings. The van der Waals surface area contributed by atoms with Crippen LogP contribution in [0, 0.1) is 0 Å². The van der Waals surface area contributed by atoms with Crippen LogP contribution in [0.4, 0.5) is 0 Å². The smallest absolute Gasteiger partial charge is 0.253 e. The van der Waals surface area contributed by atoms with Gasteiger partial charge in [0.1, 0.15) is 0 Å². The lowest BCUT2D eigenvalue weighted by molar-refractivity contribution is 0.0744. The van der Waals surface area contributed by atoms with Gasteiger partial charge >= 0.3 is 0 Å². The molecular weight excluding hydrogens is 295 g/mol. The molecule has 1 aliphatic rings. The van der Waals surface area contributed by atoms with E-state index in [0.717, 1.165) is 19.5 Å². The molecule has 1 aromatic carbocycles. The number of hydrogen-bond acceptors (Lipinski definition) is 2. The molecule has 6 heteroatoms. The lowest BCUT2D eigenvalue weighted by Gasteiger charge is -2.24. The van der Waals surface area contributed by atoms with E-state index in [1.54, 1.807) is 23.1 Å². The van der Waals surface area contributed by atoms with Crippen molar-refractivity contribution in [2.24, 2.45) is 0 Å². The van der Waals surface area contributed by atoms with Gasteiger partial charge in [-0.05, 0) is 31.2 Å². The number of hydrogen-bond donors (Lipinski definition) is 1. The molecular formula is C12H15Cl3N2O. The van der Waals surface area contributed by atoms with E-state index in [1.165, 1.54) is 0 Å². The summed E-state index contributed by atoms with van der Waals surface area (Å²) < 4.78 is 0. The number of carbonyl (C=O) groups excluding carboxylic acids is 1. The minimum atomic E-state index is -0.0388. The molecule has 1 aromatic rings. The van der Waals surface area contributed by atoms with E-state index >= 15 is 0 Å². The van der Waals surface area contributed by atoms with E-state index in [4.69, 9.17) is 23.2 Å². The summed E-state index contributed by atoms with van der Waals surface area (Å²) in [6.07, 6.45) is 0.983. The van der Waals surface area contributed by atoms with E-state index in [9.17, 15) is 4.79 Å². The zero-order chi connectivity index (χ0) is 12.4. The molecule has 100 valence electrons. The Hall–Kier alpha value is -0.480. The van der Waals surface area contributed by atoms with Crippen LogP contribution in [0.5, 0.6) is 0 Å². The molecule has 0 aliphatic carbocycles. The van der Waals surface area contributed by atoms with Crippen molar-refractivity contribution in [3.63, 3.8) is 0 Å². The van der Waals surface area contributed by atoms with Crippen molar-refractivity contribution in [2.45, 2.75) is 12.5 Å². The first-order valence-corrected chi connectivity index (χ1v) is 6.27. The van der Waals surface area contributed by atoms with E-state index in [0.29, 0.717) is 15.6 Å². The number of amides is 1. The van der Waals surface area contributed by atoms with E-state index in [1.807, 2.05) is 7.05 Å². The fourth-order valence-electron chi connectivity index (χ4n) is 2.02. The quantitative estimate of drug-likeness (QED) is 0.911. The standard InChI is InChI=1S/C12H14Cl2N2O.ClH/c1-16(11-2-3-15-7-11)12(17)8-4-9(13)6-10(14)5-8;/h4-6,11,15H,2-3,7H2,1H3;1H/t11-;/m1./s1. The van der Waals surface area contributed by atoms with Crippen LogP contribution >= 0.6 is 35.6 Å².